The van der Waals surface area contributed by atoms with Crippen molar-refractivity contribution in [2.45, 2.75) is 12.1 Å². The van der Waals surface area contributed by atoms with Crippen LogP contribution in [0.4, 0.5) is 0 Å². The summed E-state index contributed by atoms with van der Waals surface area (Å²) >= 11 is 1.71. The summed E-state index contributed by atoms with van der Waals surface area (Å²) in [5, 5.41) is 12.9. The summed E-state index contributed by atoms with van der Waals surface area (Å²) in [5.41, 5.74) is 1.54. The molecule has 0 bridgehead atoms. The molecule has 6 heteroatoms. The van der Waals surface area contributed by atoms with Gasteiger partial charge in [-0.05, 0) is 42.1 Å². The van der Waals surface area contributed by atoms with E-state index in [1.165, 1.54) is 20.2 Å². The van der Waals surface area contributed by atoms with E-state index in [4.69, 9.17) is 0 Å². The van der Waals surface area contributed by atoms with Gasteiger partial charge in [-0.2, -0.15) is 4.68 Å². The second kappa shape index (κ2) is 8.93. The first kappa shape index (κ1) is 19.8. The largest absolute Gasteiger partial charge is 0.272 e. The minimum atomic E-state index is -0.788. The van der Waals surface area contributed by atoms with E-state index in [-0.39, 0.29) is 11.6 Å². The highest BCUT2D eigenvalue weighted by Crippen LogP contribution is 2.52. The molecule has 0 fully saturated rings. The Morgan fingerprint density at radius 1 is 0.839 bits per heavy atom. The summed E-state index contributed by atoms with van der Waals surface area (Å²) in [6, 6.07) is 32.9. The third kappa shape index (κ3) is 4.07. The van der Waals surface area contributed by atoms with Crippen LogP contribution in [0.25, 0.3) is 11.0 Å². The predicted molar refractivity (Wildman–Crippen MR) is 129 cm³/mol. The predicted octanol–water partition coefficient (Wildman–Crippen LogP) is 5.40. The highest BCUT2D eigenvalue weighted by atomic mass is 32.1. The average molecular weight is 441 g/mol. The maximum atomic E-state index is 13.5. The molecule has 0 radical (unpaired) electrons. The van der Waals surface area contributed by atoms with Gasteiger partial charge in [0.15, 0.2) is 0 Å². The van der Waals surface area contributed by atoms with Gasteiger partial charge in [-0.15, -0.1) is 16.4 Å². The molecule has 31 heavy (non-hydrogen) atoms. The molecule has 1 unspecified atom stereocenters. The van der Waals surface area contributed by atoms with E-state index >= 15 is 0 Å². The highest BCUT2D eigenvalue weighted by Gasteiger charge is 2.30. The summed E-state index contributed by atoms with van der Waals surface area (Å²) in [6.07, 6.45) is 0.364. The molecule has 5 rings (SSSR count). The fourth-order valence-corrected chi connectivity index (χ4v) is 7.69. The first-order valence-corrected chi connectivity index (χ1v) is 12.4. The van der Waals surface area contributed by atoms with Gasteiger partial charge in [-0.1, -0.05) is 84.1 Å². The zero-order chi connectivity index (χ0) is 21.0. The number of aromatic nitrogens is 3. The molecule has 0 N–H and O–H groups in total. The van der Waals surface area contributed by atoms with Crippen molar-refractivity contribution in [2.75, 3.05) is 0 Å². The van der Waals surface area contributed by atoms with Crippen molar-refractivity contribution >= 4 is 46.8 Å². The van der Waals surface area contributed by atoms with Crippen molar-refractivity contribution in [2.24, 2.45) is 0 Å². The van der Waals surface area contributed by atoms with Crippen LogP contribution in [0.1, 0.15) is 21.8 Å². The number of nitrogens with zero attached hydrogens (tertiary/aromatic N) is 3. The number of para-hydroxylation sites is 1. The molecule has 0 saturated carbocycles. The molecule has 1 atom stereocenters. The summed E-state index contributed by atoms with van der Waals surface area (Å²) in [4.78, 5) is 14.7. The maximum Gasteiger partial charge on any atom is 0.249 e. The average Bonchev–Trinajstić information content (AvgIpc) is 3.50. The number of carbonyl (C=O) groups is 1. The molecule has 2 aromatic heterocycles. The van der Waals surface area contributed by atoms with Gasteiger partial charge in [0.25, 0.3) is 0 Å². The molecular weight excluding hydrogens is 421 g/mol. The van der Waals surface area contributed by atoms with Crippen LogP contribution in [-0.2, 0) is 0 Å². The summed E-state index contributed by atoms with van der Waals surface area (Å²) < 4.78 is 1.46. The SMILES string of the molecule is O=C(CC(c1cccs1)P(c1ccccc1)c1ccccc1)n1nnc2ccccc21. The first-order chi connectivity index (χ1) is 15.3. The Hall–Kier alpha value is -3.14. The molecule has 0 aliphatic heterocycles. The first-order valence-electron chi connectivity index (χ1n) is 10.1. The number of carbonyl (C=O) groups excluding carboxylic acids is 1. The second-order valence-corrected chi connectivity index (χ2v) is 10.5. The van der Waals surface area contributed by atoms with Crippen LogP contribution in [0.3, 0.4) is 0 Å². The van der Waals surface area contributed by atoms with E-state index in [0.29, 0.717) is 6.42 Å². The summed E-state index contributed by atoms with van der Waals surface area (Å²) in [5.74, 6) is -0.0357. The van der Waals surface area contributed by atoms with Gasteiger partial charge >= 0.3 is 0 Å². The van der Waals surface area contributed by atoms with E-state index in [1.807, 2.05) is 36.4 Å². The topological polar surface area (TPSA) is 47.8 Å². The summed E-state index contributed by atoms with van der Waals surface area (Å²) in [6.45, 7) is 0. The Morgan fingerprint density at radius 3 is 2.13 bits per heavy atom. The number of rotatable bonds is 6. The van der Waals surface area contributed by atoms with Crippen LogP contribution < -0.4 is 10.6 Å². The van der Waals surface area contributed by atoms with Gasteiger partial charge in [0.1, 0.15) is 5.52 Å². The molecule has 3 aromatic carbocycles. The van der Waals surface area contributed by atoms with Crippen LogP contribution >= 0.6 is 19.3 Å². The van der Waals surface area contributed by atoms with Crippen LogP contribution in [0.5, 0.6) is 0 Å². The highest BCUT2D eigenvalue weighted by molar-refractivity contribution is 7.73. The third-order valence-corrected chi connectivity index (χ3v) is 9.16. The lowest BCUT2D eigenvalue weighted by atomic mass is 10.2. The lowest BCUT2D eigenvalue weighted by molar-refractivity contribution is 0.0889. The lowest BCUT2D eigenvalue weighted by Crippen LogP contribution is -2.21. The van der Waals surface area contributed by atoms with Gasteiger partial charge in [0.2, 0.25) is 5.91 Å². The molecule has 0 saturated heterocycles. The Balaban J connectivity index is 1.58. The zero-order valence-electron chi connectivity index (χ0n) is 16.7. The fourth-order valence-electron chi connectivity index (χ4n) is 3.79. The van der Waals surface area contributed by atoms with Crippen molar-refractivity contribution in [1.82, 2.24) is 15.0 Å². The van der Waals surface area contributed by atoms with Crippen LogP contribution in [-0.4, -0.2) is 20.9 Å². The molecular formula is C25H20N3OPS. The van der Waals surface area contributed by atoms with Crippen LogP contribution in [0.15, 0.2) is 102 Å². The molecule has 0 spiro atoms. The summed E-state index contributed by atoms with van der Waals surface area (Å²) in [7, 11) is -0.788. The van der Waals surface area contributed by atoms with Crippen molar-refractivity contribution < 1.29 is 4.79 Å². The lowest BCUT2D eigenvalue weighted by Gasteiger charge is -2.27. The number of hydrogen-bond acceptors (Lipinski definition) is 4. The molecule has 2 heterocycles. The molecule has 0 aliphatic rings. The number of benzene rings is 3. The van der Waals surface area contributed by atoms with E-state index in [9.17, 15) is 4.79 Å². The van der Waals surface area contributed by atoms with E-state index in [1.54, 1.807) is 11.3 Å². The van der Waals surface area contributed by atoms with Gasteiger partial charge < -0.3 is 0 Å². The maximum absolute atomic E-state index is 13.5. The molecule has 0 amide bonds. The minimum absolute atomic E-state index is 0.0357. The molecule has 5 aromatic rings. The zero-order valence-corrected chi connectivity index (χ0v) is 18.4. The Bertz CT molecular complexity index is 1250. The van der Waals surface area contributed by atoms with E-state index < -0.39 is 7.92 Å². The molecule has 4 nitrogen and oxygen atoms in total. The van der Waals surface area contributed by atoms with Crippen molar-refractivity contribution in [3.8, 4) is 0 Å². The third-order valence-electron chi connectivity index (χ3n) is 5.21. The number of hydrogen-bond donors (Lipinski definition) is 0. The van der Waals surface area contributed by atoms with E-state index in [2.05, 4.69) is 76.4 Å². The monoisotopic (exact) mass is 441 g/mol. The van der Waals surface area contributed by atoms with Crippen molar-refractivity contribution in [3.05, 3.63) is 107 Å². The molecule has 0 aliphatic carbocycles. The smallest absolute Gasteiger partial charge is 0.249 e. The van der Waals surface area contributed by atoms with Crippen LogP contribution in [0.2, 0.25) is 0 Å². The van der Waals surface area contributed by atoms with Crippen molar-refractivity contribution in [1.29, 1.82) is 0 Å². The minimum Gasteiger partial charge on any atom is -0.272 e. The standard InChI is InChI=1S/C25H20N3OPS/c29-25(28-22-15-8-7-14-21(22)26-27-28)18-23(24-16-9-17-31-24)30(19-10-3-1-4-11-19)20-12-5-2-6-13-20/h1-17,23H,18H2. The van der Waals surface area contributed by atoms with Gasteiger partial charge in [-0.25, -0.2) is 0 Å². The van der Waals surface area contributed by atoms with Gasteiger partial charge in [0.05, 0.1) is 5.52 Å². The van der Waals surface area contributed by atoms with Gasteiger partial charge in [0, 0.05) is 17.0 Å². The Kier molecular flexibility index (Phi) is 5.70. The quantitative estimate of drug-likeness (QED) is 0.332. The Labute approximate surface area is 185 Å². The second-order valence-electron chi connectivity index (χ2n) is 7.16. The Morgan fingerprint density at radius 2 is 1.48 bits per heavy atom. The number of thiophene rings is 1. The number of fused-ring (bicyclic) bond motifs is 1. The van der Waals surface area contributed by atoms with Gasteiger partial charge in [-0.3, -0.25) is 4.79 Å². The fraction of sp³-hybridized carbons (Fsp3) is 0.0800. The molecule has 152 valence electrons. The van der Waals surface area contributed by atoms with E-state index in [0.717, 1.165) is 11.0 Å². The van der Waals surface area contributed by atoms with Crippen molar-refractivity contribution in [3.63, 3.8) is 0 Å². The normalized spacial score (nSPS) is 12.3. The van der Waals surface area contributed by atoms with Crippen LogP contribution in [0, 0.1) is 0 Å².